The molecule has 0 atom stereocenters. The second-order valence-corrected chi connectivity index (χ2v) is 8.43. The molecule has 0 aliphatic heterocycles. The van der Waals surface area contributed by atoms with E-state index in [-0.39, 0.29) is 5.91 Å². The molecule has 0 radical (unpaired) electrons. The molecular formula is C25H22IN3O2. The molecule has 5 nitrogen and oxygen atoms in total. The van der Waals surface area contributed by atoms with Crippen molar-refractivity contribution >= 4 is 45.6 Å². The molecule has 0 bridgehead atoms. The number of carbonyl (C=O) groups is 1. The van der Waals surface area contributed by atoms with Gasteiger partial charge in [0.25, 0.3) is 5.91 Å². The zero-order chi connectivity index (χ0) is 21.8. The molecule has 1 N–H and O–H groups in total. The number of hydrazone groups is 1. The highest BCUT2D eigenvalue weighted by molar-refractivity contribution is 14.1. The van der Waals surface area contributed by atoms with Crippen LogP contribution in [-0.2, 0) is 6.54 Å². The number of aryl methyl sites for hydroxylation is 1. The van der Waals surface area contributed by atoms with Crippen molar-refractivity contribution in [2.75, 3.05) is 7.11 Å². The summed E-state index contributed by atoms with van der Waals surface area (Å²) in [6.45, 7) is 2.85. The molecule has 1 aromatic heterocycles. The maximum absolute atomic E-state index is 12.5. The Morgan fingerprint density at radius 3 is 2.68 bits per heavy atom. The van der Waals surface area contributed by atoms with E-state index in [1.807, 2.05) is 18.2 Å². The minimum Gasteiger partial charge on any atom is -0.496 e. The number of aromatic nitrogens is 1. The van der Waals surface area contributed by atoms with Crippen LogP contribution in [0.3, 0.4) is 0 Å². The minimum atomic E-state index is -0.283. The van der Waals surface area contributed by atoms with Gasteiger partial charge >= 0.3 is 0 Å². The zero-order valence-electron chi connectivity index (χ0n) is 17.3. The van der Waals surface area contributed by atoms with Gasteiger partial charge in [0.1, 0.15) is 5.75 Å². The van der Waals surface area contributed by atoms with Gasteiger partial charge in [-0.2, -0.15) is 5.10 Å². The fraction of sp³-hybridized carbons (Fsp3) is 0.120. The summed E-state index contributed by atoms with van der Waals surface area (Å²) in [5, 5.41) is 5.28. The van der Waals surface area contributed by atoms with E-state index in [0.29, 0.717) is 11.3 Å². The first-order valence-corrected chi connectivity index (χ1v) is 10.9. The Balaban J connectivity index is 1.55. The van der Waals surface area contributed by atoms with Gasteiger partial charge in [-0.3, -0.25) is 4.79 Å². The molecular weight excluding hydrogens is 501 g/mol. The maximum Gasteiger partial charge on any atom is 0.271 e. The van der Waals surface area contributed by atoms with Crippen LogP contribution in [0.15, 0.2) is 78.0 Å². The summed E-state index contributed by atoms with van der Waals surface area (Å²) >= 11 is 2.17. The number of ether oxygens (including phenoxy) is 1. The fourth-order valence-corrected chi connectivity index (χ4v) is 3.98. The third-order valence-corrected chi connectivity index (χ3v) is 5.97. The topological polar surface area (TPSA) is 55.6 Å². The van der Waals surface area contributed by atoms with Crippen molar-refractivity contribution < 1.29 is 9.53 Å². The van der Waals surface area contributed by atoms with Crippen LogP contribution >= 0.6 is 22.6 Å². The van der Waals surface area contributed by atoms with Crippen molar-refractivity contribution in [1.82, 2.24) is 9.99 Å². The predicted molar refractivity (Wildman–Crippen MR) is 133 cm³/mol. The monoisotopic (exact) mass is 523 g/mol. The van der Waals surface area contributed by atoms with Gasteiger partial charge in [-0.05, 0) is 59.3 Å². The van der Waals surface area contributed by atoms with Crippen LogP contribution in [-0.4, -0.2) is 23.8 Å². The first-order chi connectivity index (χ1) is 15.0. The Morgan fingerprint density at radius 2 is 1.90 bits per heavy atom. The van der Waals surface area contributed by atoms with Gasteiger partial charge in [0.05, 0.1) is 16.9 Å². The molecule has 3 aromatic carbocycles. The first-order valence-electron chi connectivity index (χ1n) is 9.85. The number of nitrogens with one attached hydrogen (secondary N) is 1. The summed E-state index contributed by atoms with van der Waals surface area (Å²) in [5.74, 6) is 0.380. The summed E-state index contributed by atoms with van der Waals surface area (Å²) in [7, 11) is 1.59. The molecule has 0 unspecified atom stereocenters. The van der Waals surface area contributed by atoms with Crippen LogP contribution in [0.5, 0.6) is 5.75 Å². The van der Waals surface area contributed by atoms with Crippen LogP contribution in [0.2, 0.25) is 0 Å². The van der Waals surface area contributed by atoms with Crippen LogP contribution < -0.4 is 10.2 Å². The van der Waals surface area contributed by atoms with E-state index in [0.717, 1.165) is 26.6 Å². The van der Waals surface area contributed by atoms with E-state index >= 15 is 0 Å². The SMILES string of the molecule is COc1cc(C(=O)N/N=C\c2cn(Cc3ccc(C)cc3)c3ccccc23)ccc1I. The lowest BCUT2D eigenvalue weighted by atomic mass is 10.1. The molecule has 0 aliphatic rings. The molecule has 0 fully saturated rings. The lowest BCUT2D eigenvalue weighted by Crippen LogP contribution is -2.17. The third kappa shape index (κ3) is 4.80. The van der Waals surface area contributed by atoms with Crippen molar-refractivity contribution in [3.63, 3.8) is 0 Å². The van der Waals surface area contributed by atoms with Gasteiger partial charge in [0.15, 0.2) is 0 Å². The van der Waals surface area contributed by atoms with Gasteiger partial charge in [0, 0.05) is 34.8 Å². The van der Waals surface area contributed by atoms with E-state index in [1.165, 1.54) is 11.1 Å². The van der Waals surface area contributed by atoms with Gasteiger partial charge in [-0.15, -0.1) is 0 Å². The molecule has 4 aromatic rings. The maximum atomic E-state index is 12.5. The normalized spacial score (nSPS) is 11.2. The lowest BCUT2D eigenvalue weighted by molar-refractivity contribution is 0.0954. The summed E-state index contributed by atoms with van der Waals surface area (Å²) in [6, 6.07) is 22.0. The van der Waals surface area contributed by atoms with Crippen LogP contribution in [0.4, 0.5) is 0 Å². The average Bonchev–Trinajstić information content (AvgIpc) is 3.13. The molecule has 0 spiro atoms. The van der Waals surface area contributed by atoms with Crippen molar-refractivity contribution in [1.29, 1.82) is 0 Å². The van der Waals surface area contributed by atoms with E-state index in [1.54, 1.807) is 25.5 Å². The molecule has 4 rings (SSSR count). The number of rotatable bonds is 6. The van der Waals surface area contributed by atoms with Crippen LogP contribution in [0, 0.1) is 10.5 Å². The third-order valence-electron chi connectivity index (χ3n) is 5.08. The van der Waals surface area contributed by atoms with Crippen molar-refractivity contribution in [3.8, 4) is 5.75 Å². The van der Waals surface area contributed by atoms with E-state index < -0.39 is 0 Å². The largest absolute Gasteiger partial charge is 0.496 e. The van der Waals surface area contributed by atoms with Gasteiger partial charge in [-0.25, -0.2) is 5.43 Å². The smallest absolute Gasteiger partial charge is 0.271 e. The van der Waals surface area contributed by atoms with E-state index in [2.05, 4.69) is 87.2 Å². The predicted octanol–water partition coefficient (Wildman–Crippen LogP) is 5.38. The highest BCUT2D eigenvalue weighted by atomic mass is 127. The van der Waals surface area contributed by atoms with E-state index in [9.17, 15) is 4.79 Å². The van der Waals surface area contributed by atoms with Crippen LogP contribution in [0.1, 0.15) is 27.0 Å². The molecule has 31 heavy (non-hydrogen) atoms. The van der Waals surface area contributed by atoms with E-state index in [4.69, 9.17) is 4.74 Å². The number of hydrogen-bond acceptors (Lipinski definition) is 3. The molecule has 1 amide bonds. The molecule has 0 saturated carbocycles. The minimum absolute atomic E-state index is 0.283. The Hall–Kier alpha value is -3.13. The number of amides is 1. The quantitative estimate of drug-likeness (QED) is 0.210. The Labute approximate surface area is 194 Å². The fourth-order valence-electron chi connectivity index (χ4n) is 3.43. The molecule has 6 heteroatoms. The standard InChI is InChI=1S/C25H22IN3O2/c1-17-7-9-18(10-8-17)15-29-16-20(21-5-3-4-6-23(21)29)14-27-28-25(30)19-11-12-22(26)24(13-19)31-2/h3-14,16H,15H2,1-2H3,(H,28,30)/b27-14-. The highest BCUT2D eigenvalue weighted by Gasteiger charge is 2.10. The zero-order valence-corrected chi connectivity index (χ0v) is 19.5. The summed E-state index contributed by atoms with van der Waals surface area (Å²) in [5.41, 5.74) is 7.66. The molecule has 1 heterocycles. The second kappa shape index (κ2) is 9.34. The molecule has 0 saturated heterocycles. The Bertz CT molecular complexity index is 1260. The average molecular weight is 523 g/mol. The highest BCUT2D eigenvalue weighted by Crippen LogP contribution is 2.23. The first kappa shape index (κ1) is 21.1. The number of para-hydroxylation sites is 1. The van der Waals surface area contributed by atoms with Gasteiger partial charge in [-0.1, -0.05) is 48.0 Å². The van der Waals surface area contributed by atoms with Gasteiger partial charge < -0.3 is 9.30 Å². The van der Waals surface area contributed by atoms with Crippen molar-refractivity contribution in [2.24, 2.45) is 5.10 Å². The lowest BCUT2D eigenvalue weighted by Gasteiger charge is -2.06. The van der Waals surface area contributed by atoms with Gasteiger partial charge in [0.2, 0.25) is 0 Å². The molecule has 156 valence electrons. The second-order valence-electron chi connectivity index (χ2n) is 7.26. The number of nitrogens with zero attached hydrogens (tertiary/aromatic N) is 2. The summed E-state index contributed by atoms with van der Waals surface area (Å²) in [6.07, 6.45) is 3.75. The number of halogens is 1. The van der Waals surface area contributed by atoms with Crippen LogP contribution in [0.25, 0.3) is 10.9 Å². The number of carbonyl (C=O) groups excluding carboxylic acids is 1. The number of fused-ring (bicyclic) bond motifs is 1. The summed E-state index contributed by atoms with van der Waals surface area (Å²) in [4.78, 5) is 12.5. The number of benzene rings is 3. The number of methoxy groups -OCH3 is 1. The molecule has 0 aliphatic carbocycles. The number of hydrogen-bond donors (Lipinski definition) is 1. The Morgan fingerprint density at radius 1 is 1.13 bits per heavy atom. The summed E-state index contributed by atoms with van der Waals surface area (Å²) < 4.78 is 8.43. The Kier molecular flexibility index (Phi) is 6.36. The van der Waals surface area contributed by atoms with Crippen molar-refractivity contribution in [2.45, 2.75) is 13.5 Å². The van der Waals surface area contributed by atoms with Crippen molar-refractivity contribution in [3.05, 3.63) is 98.8 Å².